The molecule has 0 bridgehead atoms. The van der Waals surface area contributed by atoms with Gasteiger partial charge >= 0.3 is 0 Å². The van der Waals surface area contributed by atoms with Crippen LogP contribution in [0.3, 0.4) is 0 Å². The summed E-state index contributed by atoms with van der Waals surface area (Å²) in [6.07, 6.45) is 0. The van der Waals surface area contributed by atoms with E-state index < -0.39 is 0 Å². The third-order valence-electron chi connectivity index (χ3n) is 5.06. The molecule has 4 aromatic rings. The summed E-state index contributed by atoms with van der Waals surface area (Å²) in [6, 6.07) is 13.7. The molecule has 0 fully saturated rings. The number of nitrogens with zero attached hydrogens (tertiary/aromatic N) is 3. The van der Waals surface area contributed by atoms with Crippen LogP contribution < -0.4 is 5.32 Å². The Balaban J connectivity index is 1.31. The van der Waals surface area contributed by atoms with Gasteiger partial charge in [-0.05, 0) is 55.8 Å². The topological polar surface area (TPSA) is 82.2 Å². The summed E-state index contributed by atoms with van der Waals surface area (Å²) in [6.45, 7) is 4.02. The number of halogens is 2. The number of carbonyl (C=O) groups is 1. The maximum absolute atomic E-state index is 13.1. The third kappa shape index (κ3) is 5.50. The summed E-state index contributed by atoms with van der Waals surface area (Å²) >= 11 is 0. The SMILES string of the molecule is Cc1nn(Cc2ccc(F)cc2)c(C)c1NC(=O)COCc1cc(-c2ccc(F)cc2)on1. The number of nitrogens with one attached hydrogen (secondary N) is 1. The van der Waals surface area contributed by atoms with Gasteiger partial charge < -0.3 is 14.6 Å². The van der Waals surface area contributed by atoms with Crippen molar-refractivity contribution in [2.45, 2.75) is 27.0 Å². The Bertz CT molecular complexity index is 1250. The minimum atomic E-state index is -0.334. The lowest BCUT2D eigenvalue weighted by Gasteiger charge is -2.07. The van der Waals surface area contributed by atoms with Gasteiger partial charge in [-0.3, -0.25) is 9.48 Å². The largest absolute Gasteiger partial charge is 0.365 e. The number of hydrogen-bond acceptors (Lipinski definition) is 5. The maximum atomic E-state index is 13.1. The molecule has 2 heterocycles. The first-order chi connectivity index (χ1) is 15.9. The molecule has 0 aliphatic rings. The smallest absolute Gasteiger partial charge is 0.250 e. The van der Waals surface area contributed by atoms with Gasteiger partial charge in [0.1, 0.15) is 23.9 Å². The quantitative estimate of drug-likeness (QED) is 0.421. The molecule has 9 heteroatoms. The van der Waals surface area contributed by atoms with E-state index in [1.807, 2.05) is 6.92 Å². The molecule has 0 atom stereocenters. The summed E-state index contributed by atoms with van der Waals surface area (Å²) in [5, 5.41) is 11.2. The van der Waals surface area contributed by atoms with Crippen molar-refractivity contribution in [1.29, 1.82) is 0 Å². The number of hydrogen-bond donors (Lipinski definition) is 1. The van der Waals surface area contributed by atoms with Crippen LogP contribution in [0.1, 0.15) is 22.6 Å². The van der Waals surface area contributed by atoms with Gasteiger partial charge in [-0.2, -0.15) is 5.10 Å². The number of carbonyl (C=O) groups excluding carboxylic acids is 1. The Morgan fingerprint density at radius 1 is 1.06 bits per heavy atom. The van der Waals surface area contributed by atoms with Gasteiger partial charge in [-0.25, -0.2) is 8.78 Å². The summed E-state index contributed by atoms with van der Waals surface area (Å²) in [5.41, 5.74) is 4.17. The second kappa shape index (κ2) is 9.74. The van der Waals surface area contributed by atoms with E-state index >= 15 is 0 Å². The van der Waals surface area contributed by atoms with Crippen molar-refractivity contribution >= 4 is 11.6 Å². The van der Waals surface area contributed by atoms with Crippen molar-refractivity contribution in [2.24, 2.45) is 0 Å². The molecular weight excluding hydrogens is 430 g/mol. The van der Waals surface area contributed by atoms with Crippen molar-refractivity contribution in [2.75, 3.05) is 11.9 Å². The fraction of sp³-hybridized carbons (Fsp3) is 0.208. The van der Waals surface area contributed by atoms with Gasteiger partial charge in [0.25, 0.3) is 0 Å². The molecule has 4 rings (SSSR count). The molecule has 0 saturated carbocycles. The van der Waals surface area contributed by atoms with Gasteiger partial charge in [0.2, 0.25) is 5.91 Å². The Labute approximate surface area is 189 Å². The predicted molar refractivity (Wildman–Crippen MR) is 117 cm³/mol. The average Bonchev–Trinajstić information content (AvgIpc) is 3.36. The molecule has 7 nitrogen and oxygen atoms in total. The van der Waals surface area contributed by atoms with E-state index in [2.05, 4.69) is 15.6 Å². The number of aryl methyl sites for hydroxylation is 1. The van der Waals surface area contributed by atoms with Crippen LogP contribution in [0.25, 0.3) is 11.3 Å². The van der Waals surface area contributed by atoms with Crippen LogP contribution in [0, 0.1) is 25.5 Å². The van der Waals surface area contributed by atoms with Gasteiger partial charge in [-0.1, -0.05) is 17.3 Å². The highest BCUT2D eigenvalue weighted by molar-refractivity contribution is 5.92. The minimum absolute atomic E-state index is 0.0832. The van der Waals surface area contributed by atoms with Gasteiger partial charge in [-0.15, -0.1) is 0 Å². The van der Waals surface area contributed by atoms with Crippen molar-refractivity contribution in [1.82, 2.24) is 14.9 Å². The molecule has 0 aliphatic heterocycles. The van der Waals surface area contributed by atoms with E-state index in [0.717, 1.165) is 11.3 Å². The summed E-state index contributed by atoms with van der Waals surface area (Å²) < 4.78 is 38.6. The lowest BCUT2D eigenvalue weighted by molar-refractivity contribution is -0.121. The van der Waals surface area contributed by atoms with Crippen molar-refractivity contribution in [3.63, 3.8) is 0 Å². The number of amides is 1. The summed E-state index contributed by atoms with van der Waals surface area (Å²) in [7, 11) is 0. The van der Waals surface area contributed by atoms with Gasteiger partial charge in [0.15, 0.2) is 5.76 Å². The molecule has 33 heavy (non-hydrogen) atoms. The van der Waals surface area contributed by atoms with Crippen LogP contribution in [0.4, 0.5) is 14.5 Å². The molecule has 1 N–H and O–H groups in total. The highest BCUT2D eigenvalue weighted by Gasteiger charge is 2.15. The van der Waals surface area contributed by atoms with E-state index in [4.69, 9.17) is 9.26 Å². The van der Waals surface area contributed by atoms with E-state index in [9.17, 15) is 13.6 Å². The number of benzene rings is 2. The van der Waals surface area contributed by atoms with E-state index in [1.165, 1.54) is 24.3 Å². The number of ether oxygens (including phenoxy) is 1. The zero-order valence-corrected chi connectivity index (χ0v) is 18.1. The van der Waals surface area contributed by atoms with Crippen LogP contribution in [0.5, 0.6) is 0 Å². The Morgan fingerprint density at radius 2 is 1.73 bits per heavy atom. The Kier molecular flexibility index (Phi) is 6.60. The van der Waals surface area contributed by atoms with Crippen LogP contribution in [-0.4, -0.2) is 27.5 Å². The number of rotatable bonds is 8. The summed E-state index contributed by atoms with van der Waals surface area (Å²) in [4.78, 5) is 12.4. The average molecular weight is 452 g/mol. The lowest BCUT2D eigenvalue weighted by atomic mass is 10.1. The van der Waals surface area contributed by atoms with Gasteiger partial charge in [0, 0.05) is 11.6 Å². The van der Waals surface area contributed by atoms with Crippen LogP contribution in [0.2, 0.25) is 0 Å². The van der Waals surface area contributed by atoms with Crippen LogP contribution >= 0.6 is 0 Å². The molecular formula is C24H22F2N4O3. The van der Waals surface area contributed by atoms with E-state index in [0.29, 0.717) is 34.9 Å². The lowest BCUT2D eigenvalue weighted by Crippen LogP contribution is -2.19. The minimum Gasteiger partial charge on any atom is -0.365 e. The number of anilines is 1. The fourth-order valence-corrected chi connectivity index (χ4v) is 3.35. The summed E-state index contributed by atoms with van der Waals surface area (Å²) in [5.74, 6) is -0.473. The zero-order valence-electron chi connectivity index (χ0n) is 18.1. The zero-order chi connectivity index (χ0) is 23.4. The van der Waals surface area contributed by atoms with E-state index in [1.54, 1.807) is 41.9 Å². The molecule has 1 amide bonds. The molecule has 170 valence electrons. The molecule has 0 radical (unpaired) electrons. The second-order valence-corrected chi connectivity index (χ2v) is 7.56. The molecule has 0 saturated heterocycles. The van der Waals surface area contributed by atoms with Crippen LogP contribution in [0.15, 0.2) is 59.1 Å². The predicted octanol–water partition coefficient (Wildman–Crippen LogP) is 4.64. The molecule has 2 aromatic heterocycles. The first kappa shape index (κ1) is 22.3. The van der Waals surface area contributed by atoms with E-state index in [-0.39, 0.29) is 30.8 Å². The maximum Gasteiger partial charge on any atom is 0.250 e. The van der Waals surface area contributed by atoms with Crippen molar-refractivity contribution < 1.29 is 22.8 Å². The second-order valence-electron chi connectivity index (χ2n) is 7.56. The normalized spacial score (nSPS) is 11.0. The monoisotopic (exact) mass is 452 g/mol. The fourth-order valence-electron chi connectivity index (χ4n) is 3.35. The number of aromatic nitrogens is 3. The molecule has 0 aliphatic carbocycles. The molecule has 0 spiro atoms. The van der Waals surface area contributed by atoms with Crippen molar-refractivity contribution in [3.05, 3.63) is 88.9 Å². The first-order valence-corrected chi connectivity index (χ1v) is 10.3. The van der Waals surface area contributed by atoms with Crippen LogP contribution in [-0.2, 0) is 22.7 Å². The Hall–Kier alpha value is -3.85. The molecule has 0 unspecified atom stereocenters. The van der Waals surface area contributed by atoms with Crippen molar-refractivity contribution in [3.8, 4) is 11.3 Å². The third-order valence-corrected chi connectivity index (χ3v) is 5.06. The van der Waals surface area contributed by atoms with Gasteiger partial charge in [0.05, 0.1) is 30.2 Å². The first-order valence-electron chi connectivity index (χ1n) is 10.3. The highest BCUT2D eigenvalue weighted by Crippen LogP contribution is 2.22. The highest BCUT2D eigenvalue weighted by atomic mass is 19.1. The molecule has 2 aromatic carbocycles. The Morgan fingerprint density at radius 3 is 2.42 bits per heavy atom. The standard InChI is InChI=1S/C24H22F2N4O3/c1-15-24(16(2)30(28-15)12-17-3-7-19(25)8-4-17)27-23(31)14-32-13-21-11-22(33-29-21)18-5-9-20(26)10-6-18/h3-11H,12-14H2,1-2H3,(H,27,31).